The van der Waals surface area contributed by atoms with Crippen LogP contribution in [0.25, 0.3) is 0 Å². The van der Waals surface area contributed by atoms with E-state index in [1.165, 1.54) is 12.1 Å². The first-order chi connectivity index (χ1) is 14.0. The zero-order valence-corrected chi connectivity index (χ0v) is 17.1. The second-order valence-corrected chi connectivity index (χ2v) is 8.95. The summed E-state index contributed by atoms with van der Waals surface area (Å²) in [7, 11) is -3.83. The maximum absolute atomic E-state index is 12.5. The number of para-hydroxylation sites is 1. The number of nitrogens with zero attached hydrogens (tertiary/aromatic N) is 1. The fourth-order valence-electron chi connectivity index (χ4n) is 3.42. The number of rotatable bonds is 8. The molecule has 2 aromatic rings. The summed E-state index contributed by atoms with van der Waals surface area (Å²) in [6.45, 7) is 2.04. The van der Waals surface area contributed by atoms with Crippen LogP contribution < -0.4 is 10.5 Å². The molecular weight excluding hydrogens is 390 g/mol. The number of nitrogens with one attached hydrogen (secondary N) is 1. The van der Waals surface area contributed by atoms with Gasteiger partial charge in [-0.1, -0.05) is 42.5 Å². The van der Waals surface area contributed by atoms with Crippen molar-refractivity contribution in [2.45, 2.75) is 24.3 Å². The molecule has 2 aromatic carbocycles. The molecule has 0 aromatic heterocycles. The Kier molecular flexibility index (Phi) is 7.24. The normalized spacial score (nSPS) is 17.2. The predicted molar refractivity (Wildman–Crippen MR) is 111 cm³/mol. The lowest BCUT2D eigenvalue weighted by Gasteiger charge is -2.32. The second-order valence-electron chi connectivity index (χ2n) is 7.21. The summed E-state index contributed by atoms with van der Waals surface area (Å²) in [4.78, 5) is 14.2. The van der Waals surface area contributed by atoms with Gasteiger partial charge in [0.2, 0.25) is 15.9 Å². The number of piperidine rings is 1. The van der Waals surface area contributed by atoms with Crippen LogP contribution in [0.4, 0.5) is 5.69 Å². The molecule has 3 rings (SSSR count). The number of ether oxygens (including phenoxy) is 1. The van der Waals surface area contributed by atoms with E-state index in [2.05, 4.69) is 4.72 Å². The number of carbonyl (C=O) groups is 1. The van der Waals surface area contributed by atoms with E-state index in [9.17, 15) is 13.2 Å². The third kappa shape index (κ3) is 6.03. The molecule has 1 amide bonds. The Morgan fingerprint density at radius 2 is 1.86 bits per heavy atom. The molecule has 3 N–H and O–H groups in total. The molecule has 1 aliphatic rings. The number of likely N-dealkylation sites (tertiary alicyclic amines) is 1. The Bertz CT molecular complexity index is 919. The number of hydrogen-bond acceptors (Lipinski definition) is 5. The first-order valence-electron chi connectivity index (χ1n) is 9.69. The summed E-state index contributed by atoms with van der Waals surface area (Å²) in [5.74, 6) is 0.00799. The summed E-state index contributed by atoms with van der Waals surface area (Å²) < 4.78 is 33.0. The molecular formula is C21H27N3O4S. The van der Waals surface area contributed by atoms with E-state index >= 15 is 0 Å². The Morgan fingerprint density at radius 3 is 2.62 bits per heavy atom. The van der Waals surface area contributed by atoms with Crippen LogP contribution in [-0.4, -0.2) is 45.5 Å². The van der Waals surface area contributed by atoms with Crippen molar-refractivity contribution in [3.8, 4) is 0 Å². The maximum atomic E-state index is 12.5. The van der Waals surface area contributed by atoms with Gasteiger partial charge in [0.05, 0.1) is 25.4 Å². The highest BCUT2D eigenvalue weighted by molar-refractivity contribution is 7.89. The zero-order chi connectivity index (χ0) is 20.7. The van der Waals surface area contributed by atoms with Crippen LogP contribution in [0.5, 0.6) is 0 Å². The molecule has 0 radical (unpaired) electrons. The van der Waals surface area contributed by atoms with Gasteiger partial charge in [0.1, 0.15) is 4.90 Å². The number of benzene rings is 2. The molecule has 1 fully saturated rings. The standard InChI is InChI=1S/C21H27N3O4S/c22-19-10-4-5-11-20(19)29(26,27)23-13-21(25)24-12-6-9-18(14-24)16-28-15-17-7-2-1-3-8-17/h1-5,7-8,10-11,18,23H,6,9,12-16,22H2. The van der Waals surface area contributed by atoms with E-state index in [1.807, 2.05) is 30.3 Å². The minimum atomic E-state index is -3.83. The van der Waals surface area contributed by atoms with E-state index < -0.39 is 10.0 Å². The summed E-state index contributed by atoms with van der Waals surface area (Å²) in [6.07, 6.45) is 1.87. The van der Waals surface area contributed by atoms with Crippen molar-refractivity contribution in [3.63, 3.8) is 0 Å². The lowest BCUT2D eigenvalue weighted by atomic mass is 9.99. The highest BCUT2D eigenvalue weighted by Gasteiger charge is 2.25. The monoisotopic (exact) mass is 417 g/mol. The van der Waals surface area contributed by atoms with Crippen LogP contribution in [-0.2, 0) is 26.2 Å². The predicted octanol–water partition coefficient (Wildman–Crippen LogP) is 2.00. The quantitative estimate of drug-likeness (QED) is 0.640. The molecule has 0 spiro atoms. The van der Waals surface area contributed by atoms with Crippen LogP contribution >= 0.6 is 0 Å². The lowest BCUT2D eigenvalue weighted by Crippen LogP contribution is -2.45. The second kappa shape index (κ2) is 9.87. The number of hydrogen-bond donors (Lipinski definition) is 2. The van der Waals surface area contributed by atoms with Crippen LogP contribution in [0.15, 0.2) is 59.5 Å². The van der Waals surface area contributed by atoms with Crippen LogP contribution in [0.2, 0.25) is 0 Å². The molecule has 29 heavy (non-hydrogen) atoms. The van der Waals surface area contributed by atoms with Gasteiger partial charge in [0, 0.05) is 13.1 Å². The van der Waals surface area contributed by atoms with Gasteiger partial charge in [0.25, 0.3) is 0 Å². The van der Waals surface area contributed by atoms with Crippen molar-refractivity contribution in [2.75, 3.05) is 32.0 Å². The van der Waals surface area contributed by atoms with Crippen LogP contribution in [0.1, 0.15) is 18.4 Å². The van der Waals surface area contributed by atoms with Crippen molar-refractivity contribution in [3.05, 3.63) is 60.2 Å². The number of nitrogens with two attached hydrogens (primary N) is 1. The molecule has 156 valence electrons. The average molecular weight is 418 g/mol. The van der Waals surface area contributed by atoms with Crippen LogP contribution in [0.3, 0.4) is 0 Å². The molecule has 7 nitrogen and oxygen atoms in total. The third-order valence-corrected chi connectivity index (χ3v) is 6.43. The van der Waals surface area contributed by atoms with Gasteiger partial charge in [-0.15, -0.1) is 0 Å². The van der Waals surface area contributed by atoms with Gasteiger partial charge in [-0.2, -0.15) is 0 Å². The van der Waals surface area contributed by atoms with E-state index in [0.717, 1.165) is 18.4 Å². The molecule has 1 aliphatic heterocycles. The van der Waals surface area contributed by atoms with Crippen molar-refractivity contribution >= 4 is 21.6 Å². The number of amides is 1. The Labute approximate surface area is 171 Å². The Morgan fingerprint density at radius 1 is 1.14 bits per heavy atom. The van der Waals surface area contributed by atoms with Gasteiger partial charge in [-0.3, -0.25) is 4.79 Å². The first-order valence-corrected chi connectivity index (χ1v) is 11.2. The molecule has 8 heteroatoms. The molecule has 1 heterocycles. The highest BCUT2D eigenvalue weighted by atomic mass is 32.2. The average Bonchev–Trinajstić information content (AvgIpc) is 2.73. The minimum Gasteiger partial charge on any atom is -0.398 e. The Balaban J connectivity index is 1.47. The molecule has 0 saturated carbocycles. The van der Waals surface area contributed by atoms with Gasteiger partial charge < -0.3 is 15.4 Å². The molecule has 0 bridgehead atoms. The van der Waals surface area contributed by atoms with Crippen molar-refractivity contribution in [2.24, 2.45) is 5.92 Å². The van der Waals surface area contributed by atoms with E-state index in [1.54, 1.807) is 17.0 Å². The molecule has 1 saturated heterocycles. The van der Waals surface area contributed by atoms with Crippen LogP contribution in [0, 0.1) is 5.92 Å². The number of nitrogen functional groups attached to an aromatic ring is 1. The number of carbonyl (C=O) groups excluding carboxylic acids is 1. The molecule has 1 atom stereocenters. The number of anilines is 1. The smallest absolute Gasteiger partial charge is 0.243 e. The SMILES string of the molecule is Nc1ccccc1S(=O)(=O)NCC(=O)N1CCCC(COCc2ccccc2)C1. The first kappa shape index (κ1) is 21.3. The summed E-state index contributed by atoms with van der Waals surface area (Å²) in [5.41, 5.74) is 7.00. The van der Waals surface area contributed by atoms with E-state index in [0.29, 0.717) is 26.3 Å². The van der Waals surface area contributed by atoms with Crippen molar-refractivity contribution in [1.82, 2.24) is 9.62 Å². The lowest BCUT2D eigenvalue weighted by molar-refractivity contribution is -0.132. The van der Waals surface area contributed by atoms with Gasteiger partial charge in [-0.05, 0) is 36.5 Å². The van der Waals surface area contributed by atoms with E-state index in [4.69, 9.17) is 10.5 Å². The molecule has 1 unspecified atom stereocenters. The zero-order valence-electron chi connectivity index (χ0n) is 16.3. The van der Waals surface area contributed by atoms with Crippen molar-refractivity contribution in [1.29, 1.82) is 0 Å². The van der Waals surface area contributed by atoms with Gasteiger partial charge >= 0.3 is 0 Å². The largest absolute Gasteiger partial charge is 0.398 e. The topological polar surface area (TPSA) is 102 Å². The number of sulfonamides is 1. The molecule has 0 aliphatic carbocycles. The van der Waals surface area contributed by atoms with Crippen molar-refractivity contribution < 1.29 is 17.9 Å². The van der Waals surface area contributed by atoms with Gasteiger partial charge in [0.15, 0.2) is 0 Å². The minimum absolute atomic E-state index is 0.0152. The maximum Gasteiger partial charge on any atom is 0.243 e. The summed E-state index contributed by atoms with van der Waals surface area (Å²) in [5, 5.41) is 0. The summed E-state index contributed by atoms with van der Waals surface area (Å²) >= 11 is 0. The highest BCUT2D eigenvalue weighted by Crippen LogP contribution is 2.19. The third-order valence-electron chi connectivity index (χ3n) is 4.96. The fraction of sp³-hybridized carbons (Fsp3) is 0.381. The van der Waals surface area contributed by atoms with E-state index in [-0.39, 0.29) is 29.0 Å². The summed E-state index contributed by atoms with van der Waals surface area (Å²) in [6, 6.07) is 16.1. The Hall–Kier alpha value is -2.42. The van der Waals surface area contributed by atoms with Gasteiger partial charge in [-0.25, -0.2) is 13.1 Å². The fourth-order valence-corrected chi connectivity index (χ4v) is 4.52.